The first-order valence-electron chi connectivity index (χ1n) is 6.97. The molecule has 1 saturated carbocycles. The number of hydrogen-bond acceptors (Lipinski definition) is 5. The lowest BCUT2D eigenvalue weighted by molar-refractivity contribution is -0.384. The molecule has 1 fully saturated rings. The summed E-state index contributed by atoms with van der Waals surface area (Å²) in [6.07, 6.45) is 3.55. The molecule has 0 unspecified atom stereocenters. The predicted octanol–water partition coefficient (Wildman–Crippen LogP) is 2.60. The van der Waals surface area contributed by atoms with Crippen LogP contribution in [0.4, 0.5) is 17.1 Å². The van der Waals surface area contributed by atoms with Crippen molar-refractivity contribution in [3.05, 3.63) is 28.3 Å². The number of non-ortho nitro benzene ring substituents is 1. The molecule has 0 heterocycles. The number of nitrogens with one attached hydrogen (secondary N) is 2. The Morgan fingerprint density at radius 3 is 2.50 bits per heavy atom. The summed E-state index contributed by atoms with van der Waals surface area (Å²) in [5, 5.41) is 26.6. The Labute approximate surface area is 118 Å². The average molecular weight is 279 g/mol. The number of rotatable bonds is 5. The van der Waals surface area contributed by atoms with Gasteiger partial charge in [-0.25, -0.2) is 0 Å². The number of benzene rings is 1. The summed E-state index contributed by atoms with van der Waals surface area (Å²) < 4.78 is 0. The molecule has 110 valence electrons. The molecule has 0 aromatic heterocycles. The van der Waals surface area contributed by atoms with Crippen LogP contribution in [0.1, 0.15) is 25.7 Å². The van der Waals surface area contributed by atoms with Gasteiger partial charge in [-0.3, -0.25) is 10.1 Å². The van der Waals surface area contributed by atoms with Crippen LogP contribution in [0.5, 0.6) is 0 Å². The minimum atomic E-state index is -0.386. The Morgan fingerprint density at radius 1 is 1.25 bits per heavy atom. The molecule has 3 N–H and O–H groups in total. The Balaban J connectivity index is 1.98. The first kappa shape index (κ1) is 14.6. The number of aliphatic hydroxyl groups is 1. The third-order valence-corrected chi connectivity index (χ3v) is 3.83. The van der Waals surface area contributed by atoms with Gasteiger partial charge < -0.3 is 15.7 Å². The van der Waals surface area contributed by atoms with Crippen molar-refractivity contribution in [2.24, 2.45) is 5.92 Å². The summed E-state index contributed by atoms with van der Waals surface area (Å²) in [5.74, 6) is 0.524. The lowest BCUT2D eigenvalue weighted by Crippen LogP contribution is -2.23. The highest BCUT2D eigenvalue weighted by Crippen LogP contribution is 2.27. The average Bonchev–Trinajstić information content (AvgIpc) is 2.46. The zero-order valence-corrected chi connectivity index (χ0v) is 11.6. The van der Waals surface area contributed by atoms with Gasteiger partial charge in [-0.15, -0.1) is 0 Å². The summed E-state index contributed by atoms with van der Waals surface area (Å²) in [5.41, 5.74) is 1.56. The van der Waals surface area contributed by atoms with Gasteiger partial charge in [-0.2, -0.15) is 0 Å². The molecule has 1 aromatic rings. The molecule has 0 bridgehead atoms. The zero-order chi connectivity index (χ0) is 14.5. The molecule has 20 heavy (non-hydrogen) atoms. The van der Waals surface area contributed by atoms with Gasteiger partial charge in [0.2, 0.25) is 0 Å². The monoisotopic (exact) mass is 279 g/mol. The highest BCUT2D eigenvalue weighted by atomic mass is 16.6. The van der Waals surface area contributed by atoms with E-state index in [0.29, 0.717) is 5.92 Å². The fraction of sp³-hybridized carbons (Fsp3) is 0.571. The van der Waals surface area contributed by atoms with Gasteiger partial charge in [0, 0.05) is 37.1 Å². The van der Waals surface area contributed by atoms with Gasteiger partial charge >= 0.3 is 0 Å². The van der Waals surface area contributed by atoms with Crippen LogP contribution in [0.15, 0.2) is 18.2 Å². The molecule has 2 rings (SSSR count). The van der Waals surface area contributed by atoms with Crippen LogP contribution >= 0.6 is 0 Å². The summed E-state index contributed by atoms with van der Waals surface area (Å²) in [7, 11) is 1.74. The van der Waals surface area contributed by atoms with Crippen LogP contribution in [0.25, 0.3) is 0 Å². The lowest BCUT2D eigenvalue weighted by atomic mass is 9.87. The van der Waals surface area contributed by atoms with Gasteiger partial charge in [-0.1, -0.05) is 0 Å². The number of nitro groups is 1. The van der Waals surface area contributed by atoms with Gasteiger partial charge in [-0.05, 0) is 37.7 Å². The molecule has 0 aliphatic heterocycles. The number of hydrogen-bond donors (Lipinski definition) is 3. The molecule has 0 atom stereocenters. The number of nitrogens with zero attached hydrogens (tertiary/aromatic N) is 1. The van der Waals surface area contributed by atoms with E-state index >= 15 is 0 Å². The van der Waals surface area contributed by atoms with E-state index < -0.39 is 0 Å². The minimum Gasteiger partial charge on any atom is -0.393 e. The lowest BCUT2D eigenvalue weighted by Gasteiger charge is -2.25. The van der Waals surface area contributed by atoms with Crippen LogP contribution in [-0.2, 0) is 0 Å². The Kier molecular flexibility index (Phi) is 4.79. The molecular formula is C14H21N3O3. The van der Waals surface area contributed by atoms with Crippen LogP contribution in [0.3, 0.4) is 0 Å². The summed E-state index contributed by atoms with van der Waals surface area (Å²) in [6.45, 7) is 0.789. The number of nitro benzene ring substituents is 1. The predicted molar refractivity (Wildman–Crippen MR) is 79.1 cm³/mol. The van der Waals surface area contributed by atoms with Gasteiger partial charge in [0.05, 0.1) is 11.0 Å². The van der Waals surface area contributed by atoms with E-state index in [4.69, 9.17) is 0 Å². The molecule has 1 aliphatic carbocycles. The van der Waals surface area contributed by atoms with Crippen LogP contribution in [0.2, 0.25) is 0 Å². The quantitative estimate of drug-likeness (QED) is 0.569. The van der Waals surface area contributed by atoms with Crippen LogP contribution < -0.4 is 10.6 Å². The van der Waals surface area contributed by atoms with Crippen molar-refractivity contribution in [1.82, 2.24) is 0 Å². The molecular weight excluding hydrogens is 258 g/mol. The molecule has 1 aliphatic rings. The summed E-state index contributed by atoms with van der Waals surface area (Å²) in [4.78, 5) is 10.5. The van der Waals surface area contributed by atoms with E-state index in [2.05, 4.69) is 10.6 Å². The molecule has 0 radical (unpaired) electrons. The van der Waals surface area contributed by atoms with Crippen molar-refractivity contribution in [3.8, 4) is 0 Å². The van der Waals surface area contributed by atoms with Gasteiger partial charge in [0.1, 0.15) is 0 Å². The van der Waals surface area contributed by atoms with E-state index in [1.807, 2.05) is 6.07 Å². The SMILES string of the molecule is CNc1cc(NCC2CCC(O)CC2)cc([N+](=O)[O-])c1. The van der Waals surface area contributed by atoms with Gasteiger partial charge in [0.15, 0.2) is 0 Å². The second kappa shape index (κ2) is 6.56. The fourth-order valence-corrected chi connectivity index (χ4v) is 2.57. The van der Waals surface area contributed by atoms with Crippen molar-refractivity contribution in [2.75, 3.05) is 24.2 Å². The largest absolute Gasteiger partial charge is 0.393 e. The van der Waals surface area contributed by atoms with Crippen molar-refractivity contribution in [3.63, 3.8) is 0 Å². The summed E-state index contributed by atoms with van der Waals surface area (Å²) in [6, 6.07) is 4.94. The standard InChI is InChI=1S/C14H21N3O3/c1-15-11-6-12(8-13(7-11)17(19)20)16-9-10-2-4-14(18)5-3-10/h6-8,10,14-16,18H,2-5,9H2,1H3. The number of aliphatic hydroxyl groups excluding tert-OH is 1. The zero-order valence-electron chi connectivity index (χ0n) is 11.6. The Morgan fingerprint density at radius 2 is 1.90 bits per heavy atom. The smallest absolute Gasteiger partial charge is 0.273 e. The van der Waals surface area contributed by atoms with Crippen LogP contribution in [-0.4, -0.2) is 29.7 Å². The van der Waals surface area contributed by atoms with E-state index in [9.17, 15) is 15.2 Å². The van der Waals surface area contributed by atoms with Crippen molar-refractivity contribution < 1.29 is 10.0 Å². The molecule has 0 saturated heterocycles. The fourth-order valence-electron chi connectivity index (χ4n) is 2.57. The summed E-state index contributed by atoms with van der Waals surface area (Å²) >= 11 is 0. The van der Waals surface area contributed by atoms with Gasteiger partial charge in [0.25, 0.3) is 5.69 Å². The number of anilines is 2. The Bertz CT molecular complexity index is 471. The van der Waals surface area contributed by atoms with Crippen molar-refractivity contribution in [1.29, 1.82) is 0 Å². The van der Waals surface area contributed by atoms with Crippen LogP contribution in [0, 0.1) is 16.0 Å². The molecule has 0 spiro atoms. The topological polar surface area (TPSA) is 87.4 Å². The maximum Gasteiger partial charge on any atom is 0.273 e. The van der Waals surface area contributed by atoms with Crippen molar-refractivity contribution in [2.45, 2.75) is 31.8 Å². The first-order chi connectivity index (χ1) is 9.58. The van der Waals surface area contributed by atoms with E-state index in [1.54, 1.807) is 13.1 Å². The highest BCUT2D eigenvalue weighted by Gasteiger charge is 2.19. The van der Waals surface area contributed by atoms with E-state index in [1.165, 1.54) is 6.07 Å². The molecule has 1 aromatic carbocycles. The third kappa shape index (κ3) is 3.84. The Hall–Kier alpha value is -1.82. The third-order valence-electron chi connectivity index (χ3n) is 3.83. The van der Waals surface area contributed by atoms with E-state index in [-0.39, 0.29) is 16.7 Å². The maximum atomic E-state index is 10.9. The second-order valence-corrected chi connectivity index (χ2v) is 5.33. The molecule has 6 nitrogen and oxygen atoms in total. The second-order valence-electron chi connectivity index (χ2n) is 5.33. The normalized spacial score (nSPS) is 22.3. The van der Waals surface area contributed by atoms with Crippen molar-refractivity contribution >= 4 is 17.1 Å². The first-order valence-corrected chi connectivity index (χ1v) is 6.97. The highest BCUT2D eigenvalue weighted by molar-refractivity contribution is 5.63. The van der Waals surface area contributed by atoms with E-state index in [0.717, 1.165) is 43.6 Å². The minimum absolute atomic E-state index is 0.0819. The maximum absolute atomic E-state index is 10.9. The molecule has 0 amide bonds. The molecule has 6 heteroatoms.